The first-order chi connectivity index (χ1) is 6.93. The topological polar surface area (TPSA) is 25.2 Å². The van der Waals surface area contributed by atoms with Gasteiger partial charge in [-0.3, -0.25) is 9.98 Å². The second kappa shape index (κ2) is 3.19. The van der Waals surface area contributed by atoms with Crippen LogP contribution in [0.3, 0.4) is 0 Å². The third kappa shape index (κ3) is 1.45. The van der Waals surface area contributed by atoms with Crippen molar-refractivity contribution in [1.82, 2.24) is 4.98 Å². The molecule has 72 valence electrons. The zero-order chi connectivity index (χ0) is 9.38. The number of nitrogens with zero attached hydrogens (tertiary/aromatic N) is 2. The number of aliphatic imine (C=N–C) groups is 1. The summed E-state index contributed by atoms with van der Waals surface area (Å²) in [6, 6.07) is 4.67. The lowest BCUT2D eigenvalue weighted by Crippen LogP contribution is -2.07. The summed E-state index contributed by atoms with van der Waals surface area (Å²) in [6.07, 6.45) is 8.95. The number of hydrogen-bond acceptors (Lipinski definition) is 2. The molecule has 0 N–H and O–H groups in total. The minimum absolute atomic E-state index is 0.573. The van der Waals surface area contributed by atoms with Crippen molar-refractivity contribution in [3.05, 3.63) is 29.6 Å². The third-order valence-corrected chi connectivity index (χ3v) is 3.17. The van der Waals surface area contributed by atoms with Crippen LogP contribution in [0.25, 0.3) is 0 Å². The van der Waals surface area contributed by atoms with Crippen molar-refractivity contribution < 1.29 is 0 Å². The van der Waals surface area contributed by atoms with Gasteiger partial charge >= 0.3 is 0 Å². The summed E-state index contributed by atoms with van der Waals surface area (Å²) in [5, 5.41) is 0. The fraction of sp³-hybridized carbons (Fsp3) is 0.500. The van der Waals surface area contributed by atoms with Crippen molar-refractivity contribution in [1.29, 1.82) is 0 Å². The SMILES string of the molecule is C1=NC(C2CC2)CCc2ncccc21. The Kier molecular flexibility index (Phi) is 1.86. The van der Waals surface area contributed by atoms with Crippen molar-refractivity contribution in [2.75, 3.05) is 0 Å². The summed E-state index contributed by atoms with van der Waals surface area (Å²) in [4.78, 5) is 9.06. The van der Waals surface area contributed by atoms with Gasteiger partial charge in [0.05, 0.1) is 6.04 Å². The lowest BCUT2D eigenvalue weighted by atomic mass is 10.1. The van der Waals surface area contributed by atoms with E-state index in [0.29, 0.717) is 6.04 Å². The molecule has 2 heteroatoms. The Morgan fingerprint density at radius 1 is 1.21 bits per heavy atom. The van der Waals surface area contributed by atoms with Gasteiger partial charge in [0, 0.05) is 23.7 Å². The van der Waals surface area contributed by atoms with Crippen molar-refractivity contribution in [3.63, 3.8) is 0 Å². The Morgan fingerprint density at radius 2 is 2.14 bits per heavy atom. The maximum atomic E-state index is 4.66. The van der Waals surface area contributed by atoms with Crippen molar-refractivity contribution >= 4 is 6.21 Å². The molecule has 3 rings (SSSR count). The summed E-state index contributed by atoms with van der Waals surface area (Å²) >= 11 is 0. The smallest absolute Gasteiger partial charge is 0.0531 e. The largest absolute Gasteiger partial charge is 0.289 e. The minimum atomic E-state index is 0.573. The number of fused-ring (bicyclic) bond motifs is 1. The van der Waals surface area contributed by atoms with E-state index in [1.807, 2.05) is 18.5 Å². The van der Waals surface area contributed by atoms with Gasteiger partial charge in [0.15, 0.2) is 0 Å². The number of rotatable bonds is 1. The Bertz CT molecular complexity index is 366. The van der Waals surface area contributed by atoms with E-state index in [-0.39, 0.29) is 0 Å². The van der Waals surface area contributed by atoms with Gasteiger partial charge in [-0.15, -0.1) is 0 Å². The number of aryl methyl sites for hydroxylation is 1. The lowest BCUT2D eigenvalue weighted by molar-refractivity contribution is 0.556. The van der Waals surface area contributed by atoms with Crippen LogP contribution in [0.2, 0.25) is 0 Å². The van der Waals surface area contributed by atoms with Gasteiger partial charge in [-0.25, -0.2) is 0 Å². The third-order valence-electron chi connectivity index (χ3n) is 3.17. The van der Waals surface area contributed by atoms with E-state index in [0.717, 1.165) is 12.3 Å². The molecule has 1 aromatic rings. The van der Waals surface area contributed by atoms with Gasteiger partial charge in [0.25, 0.3) is 0 Å². The van der Waals surface area contributed by atoms with Crippen LogP contribution >= 0.6 is 0 Å². The van der Waals surface area contributed by atoms with E-state index in [1.165, 1.54) is 30.5 Å². The number of aromatic nitrogens is 1. The molecule has 0 amide bonds. The predicted octanol–water partition coefficient (Wildman–Crippen LogP) is 2.23. The highest BCUT2D eigenvalue weighted by atomic mass is 14.8. The first-order valence-corrected chi connectivity index (χ1v) is 5.40. The summed E-state index contributed by atoms with van der Waals surface area (Å²) in [6.45, 7) is 0. The summed E-state index contributed by atoms with van der Waals surface area (Å²) in [5.41, 5.74) is 2.44. The molecule has 2 aliphatic rings. The molecule has 1 saturated carbocycles. The minimum Gasteiger partial charge on any atom is -0.289 e. The van der Waals surface area contributed by atoms with Crippen molar-refractivity contribution in [2.45, 2.75) is 31.7 Å². The molecule has 0 saturated heterocycles. The Balaban J connectivity index is 1.88. The molecular weight excluding hydrogens is 172 g/mol. The van der Waals surface area contributed by atoms with Gasteiger partial charge in [-0.2, -0.15) is 0 Å². The Morgan fingerprint density at radius 3 is 3.00 bits per heavy atom. The van der Waals surface area contributed by atoms with Gasteiger partial charge < -0.3 is 0 Å². The van der Waals surface area contributed by atoms with Crippen LogP contribution < -0.4 is 0 Å². The van der Waals surface area contributed by atoms with Gasteiger partial charge in [-0.05, 0) is 37.7 Å². The first kappa shape index (κ1) is 8.16. The van der Waals surface area contributed by atoms with E-state index in [2.05, 4.69) is 16.0 Å². The number of hydrogen-bond donors (Lipinski definition) is 0. The maximum Gasteiger partial charge on any atom is 0.0531 e. The van der Waals surface area contributed by atoms with Gasteiger partial charge in [0.2, 0.25) is 0 Å². The maximum absolute atomic E-state index is 4.66. The van der Waals surface area contributed by atoms with E-state index < -0.39 is 0 Å². The molecule has 0 bridgehead atoms. The average molecular weight is 186 g/mol. The Labute approximate surface area is 84.1 Å². The summed E-state index contributed by atoms with van der Waals surface area (Å²) in [7, 11) is 0. The van der Waals surface area contributed by atoms with Gasteiger partial charge in [-0.1, -0.05) is 6.07 Å². The van der Waals surface area contributed by atoms with E-state index in [4.69, 9.17) is 0 Å². The first-order valence-electron chi connectivity index (χ1n) is 5.40. The highest BCUT2D eigenvalue weighted by Gasteiger charge is 2.31. The fourth-order valence-corrected chi connectivity index (χ4v) is 2.15. The van der Waals surface area contributed by atoms with E-state index in [9.17, 15) is 0 Å². The molecule has 2 heterocycles. The molecule has 1 aliphatic carbocycles. The molecule has 0 spiro atoms. The quantitative estimate of drug-likeness (QED) is 0.660. The summed E-state index contributed by atoms with van der Waals surface area (Å²) in [5.74, 6) is 0.876. The second-order valence-electron chi connectivity index (χ2n) is 4.26. The van der Waals surface area contributed by atoms with Crippen LogP contribution in [0, 0.1) is 5.92 Å². The predicted molar refractivity (Wildman–Crippen MR) is 56.7 cm³/mol. The fourth-order valence-electron chi connectivity index (χ4n) is 2.15. The molecular formula is C12H14N2. The highest BCUT2D eigenvalue weighted by molar-refractivity contribution is 5.81. The molecule has 2 nitrogen and oxygen atoms in total. The molecule has 1 atom stereocenters. The number of pyridine rings is 1. The molecule has 1 unspecified atom stereocenters. The van der Waals surface area contributed by atoms with Crippen LogP contribution in [0.4, 0.5) is 0 Å². The van der Waals surface area contributed by atoms with Crippen LogP contribution in [0.1, 0.15) is 30.5 Å². The molecule has 14 heavy (non-hydrogen) atoms. The molecule has 1 aromatic heterocycles. The molecule has 0 aromatic carbocycles. The van der Waals surface area contributed by atoms with E-state index >= 15 is 0 Å². The van der Waals surface area contributed by atoms with Crippen LogP contribution in [-0.4, -0.2) is 17.2 Å². The van der Waals surface area contributed by atoms with E-state index in [1.54, 1.807) is 0 Å². The average Bonchev–Trinajstić information content (AvgIpc) is 3.03. The van der Waals surface area contributed by atoms with Crippen LogP contribution in [0.5, 0.6) is 0 Å². The van der Waals surface area contributed by atoms with Crippen LogP contribution in [-0.2, 0) is 6.42 Å². The zero-order valence-electron chi connectivity index (χ0n) is 8.19. The second-order valence-corrected chi connectivity index (χ2v) is 4.26. The molecule has 0 radical (unpaired) electrons. The van der Waals surface area contributed by atoms with Crippen LogP contribution in [0.15, 0.2) is 23.3 Å². The molecule has 1 aliphatic heterocycles. The lowest BCUT2D eigenvalue weighted by Gasteiger charge is -2.06. The van der Waals surface area contributed by atoms with Gasteiger partial charge in [0.1, 0.15) is 0 Å². The zero-order valence-corrected chi connectivity index (χ0v) is 8.19. The molecule has 1 fully saturated rings. The monoisotopic (exact) mass is 186 g/mol. The van der Waals surface area contributed by atoms with Crippen molar-refractivity contribution in [3.8, 4) is 0 Å². The normalized spacial score (nSPS) is 25.6. The Hall–Kier alpha value is -1.18. The summed E-state index contributed by atoms with van der Waals surface area (Å²) < 4.78 is 0. The standard InChI is InChI=1S/C12H14N2/c1-2-10-8-14-11(9-3-4-9)5-6-12(10)13-7-1/h1-2,7-9,11H,3-6H2. The van der Waals surface area contributed by atoms with Crippen molar-refractivity contribution in [2.24, 2.45) is 10.9 Å². The highest BCUT2D eigenvalue weighted by Crippen LogP contribution is 2.37.